The monoisotopic (exact) mass is 320 g/mol. The Bertz CT molecular complexity index is 710. The van der Waals surface area contributed by atoms with Crippen LogP contribution in [0.15, 0.2) is 42.6 Å². The number of ether oxygens (including phenoxy) is 1. The van der Waals surface area contributed by atoms with Crippen molar-refractivity contribution in [1.29, 1.82) is 0 Å². The number of aromatic nitrogens is 1. The second kappa shape index (κ2) is 6.89. The van der Waals surface area contributed by atoms with Gasteiger partial charge in [-0.15, -0.1) is 0 Å². The Morgan fingerprint density at radius 3 is 2.27 bits per heavy atom. The van der Waals surface area contributed by atoms with Crippen molar-refractivity contribution in [2.45, 2.75) is 20.0 Å². The van der Waals surface area contributed by atoms with E-state index in [4.69, 9.17) is 4.74 Å². The molecule has 1 N–H and O–H groups in total. The zero-order chi connectivity index (χ0) is 16.2. The van der Waals surface area contributed by atoms with E-state index in [1.807, 2.05) is 44.2 Å². The van der Waals surface area contributed by atoms with Gasteiger partial charge in [0.2, 0.25) is 10.0 Å². The SMILES string of the molecule is CCO[C@@H](C)c1ccc(-c2ccc(NS(C)(=O)=O)nc2)cc1. The topological polar surface area (TPSA) is 68.3 Å². The van der Waals surface area contributed by atoms with Gasteiger partial charge >= 0.3 is 0 Å². The Morgan fingerprint density at radius 2 is 1.77 bits per heavy atom. The smallest absolute Gasteiger partial charge is 0.230 e. The molecule has 0 aliphatic carbocycles. The van der Waals surface area contributed by atoms with Crippen molar-refractivity contribution in [3.63, 3.8) is 0 Å². The third-order valence-electron chi connectivity index (χ3n) is 3.18. The average Bonchev–Trinajstić information content (AvgIpc) is 2.47. The summed E-state index contributed by atoms with van der Waals surface area (Å²) >= 11 is 0. The van der Waals surface area contributed by atoms with Crippen molar-refractivity contribution < 1.29 is 13.2 Å². The number of nitrogens with one attached hydrogen (secondary N) is 1. The molecule has 118 valence electrons. The number of hydrogen-bond donors (Lipinski definition) is 1. The molecule has 0 radical (unpaired) electrons. The van der Waals surface area contributed by atoms with Crippen LogP contribution in [0.1, 0.15) is 25.5 Å². The molecule has 6 heteroatoms. The summed E-state index contributed by atoms with van der Waals surface area (Å²) in [4.78, 5) is 4.11. The van der Waals surface area contributed by atoms with Crippen LogP contribution in [-0.2, 0) is 14.8 Å². The van der Waals surface area contributed by atoms with Crippen LogP contribution < -0.4 is 4.72 Å². The van der Waals surface area contributed by atoms with Gasteiger partial charge in [-0.25, -0.2) is 13.4 Å². The number of sulfonamides is 1. The van der Waals surface area contributed by atoms with Gasteiger partial charge in [0.1, 0.15) is 5.82 Å². The number of pyridine rings is 1. The molecule has 0 fully saturated rings. The summed E-state index contributed by atoms with van der Waals surface area (Å²) in [6, 6.07) is 11.5. The van der Waals surface area contributed by atoms with Gasteiger partial charge < -0.3 is 4.74 Å². The molecule has 0 aliphatic heterocycles. The fourth-order valence-electron chi connectivity index (χ4n) is 2.11. The second-order valence-electron chi connectivity index (χ2n) is 5.03. The molecule has 0 spiro atoms. The van der Waals surface area contributed by atoms with Crippen LogP contribution in [0.2, 0.25) is 0 Å². The lowest BCUT2D eigenvalue weighted by Crippen LogP contribution is -2.10. The van der Waals surface area contributed by atoms with Crippen LogP contribution in [0, 0.1) is 0 Å². The van der Waals surface area contributed by atoms with E-state index in [9.17, 15) is 8.42 Å². The summed E-state index contributed by atoms with van der Waals surface area (Å²) < 4.78 is 30.2. The number of nitrogens with zero attached hydrogens (tertiary/aromatic N) is 1. The van der Waals surface area contributed by atoms with Crippen molar-refractivity contribution in [2.24, 2.45) is 0 Å². The largest absolute Gasteiger partial charge is 0.374 e. The average molecular weight is 320 g/mol. The lowest BCUT2D eigenvalue weighted by molar-refractivity contribution is 0.0764. The highest BCUT2D eigenvalue weighted by atomic mass is 32.2. The van der Waals surface area contributed by atoms with Gasteiger partial charge in [-0.05, 0) is 37.1 Å². The molecule has 1 heterocycles. The molecule has 0 amide bonds. The first-order valence-corrected chi connectivity index (χ1v) is 8.94. The minimum absolute atomic E-state index is 0.0681. The first kappa shape index (κ1) is 16.5. The van der Waals surface area contributed by atoms with Crippen LogP contribution in [0.4, 0.5) is 5.82 Å². The maximum Gasteiger partial charge on any atom is 0.230 e. The highest BCUT2D eigenvalue weighted by Gasteiger charge is 2.06. The Kier molecular flexibility index (Phi) is 5.15. The van der Waals surface area contributed by atoms with Crippen LogP contribution in [0.5, 0.6) is 0 Å². The quantitative estimate of drug-likeness (QED) is 0.887. The van der Waals surface area contributed by atoms with Crippen LogP contribution in [-0.4, -0.2) is 26.3 Å². The van der Waals surface area contributed by atoms with Gasteiger partial charge in [-0.1, -0.05) is 24.3 Å². The first-order chi connectivity index (χ1) is 10.4. The zero-order valence-electron chi connectivity index (χ0n) is 12.9. The molecule has 0 unspecified atom stereocenters. The Labute approximate surface area is 131 Å². The van der Waals surface area contributed by atoms with Gasteiger partial charge in [0.25, 0.3) is 0 Å². The Balaban J connectivity index is 2.15. The molecule has 2 rings (SSSR count). The summed E-state index contributed by atoms with van der Waals surface area (Å²) in [5.41, 5.74) is 3.06. The van der Waals surface area contributed by atoms with E-state index in [0.29, 0.717) is 12.4 Å². The third kappa shape index (κ3) is 4.54. The van der Waals surface area contributed by atoms with E-state index in [1.165, 1.54) is 0 Å². The molecule has 1 aromatic heterocycles. The molecule has 0 saturated heterocycles. The second-order valence-corrected chi connectivity index (χ2v) is 6.77. The standard InChI is InChI=1S/C16H20N2O3S/c1-4-21-12(2)13-5-7-14(8-6-13)15-9-10-16(17-11-15)18-22(3,19)20/h5-12H,4H2,1-3H3,(H,17,18)/t12-/m0/s1. The van der Waals surface area contributed by atoms with Gasteiger partial charge in [0.15, 0.2) is 0 Å². The highest BCUT2D eigenvalue weighted by molar-refractivity contribution is 7.92. The predicted molar refractivity (Wildman–Crippen MR) is 88.2 cm³/mol. The van der Waals surface area contributed by atoms with Crippen molar-refractivity contribution in [1.82, 2.24) is 4.98 Å². The maximum absolute atomic E-state index is 11.1. The molecular formula is C16H20N2O3S. The van der Waals surface area contributed by atoms with Crippen LogP contribution in [0.25, 0.3) is 11.1 Å². The van der Waals surface area contributed by atoms with E-state index in [2.05, 4.69) is 9.71 Å². The molecule has 1 aromatic carbocycles. The summed E-state index contributed by atoms with van der Waals surface area (Å²) in [6.07, 6.45) is 2.81. The van der Waals surface area contributed by atoms with E-state index in [1.54, 1.807) is 12.3 Å². The summed E-state index contributed by atoms with van der Waals surface area (Å²) in [5, 5.41) is 0. The number of hydrogen-bond acceptors (Lipinski definition) is 4. The fraction of sp³-hybridized carbons (Fsp3) is 0.312. The minimum atomic E-state index is -3.30. The normalized spacial score (nSPS) is 12.9. The van der Waals surface area contributed by atoms with Crippen molar-refractivity contribution in [3.05, 3.63) is 48.2 Å². The molecule has 0 saturated carbocycles. The van der Waals surface area contributed by atoms with Crippen molar-refractivity contribution in [2.75, 3.05) is 17.6 Å². The zero-order valence-corrected chi connectivity index (χ0v) is 13.7. The summed E-state index contributed by atoms with van der Waals surface area (Å²) in [5.74, 6) is 0.313. The highest BCUT2D eigenvalue weighted by Crippen LogP contribution is 2.23. The van der Waals surface area contributed by atoms with Gasteiger partial charge in [0, 0.05) is 18.4 Å². The van der Waals surface area contributed by atoms with Crippen LogP contribution >= 0.6 is 0 Å². The molecule has 2 aromatic rings. The predicted octanol–water partition coefficient (Wildman–Crippen LogP) is 3.22. The van der Waals surface area contributed by atoms with Gasteiger partial charge in [-0.3, -0.25) is 4.72 Å². The molecule has 1 atom stereocenters. The Hall–Kier alpha value is -1.92. The lowest BCUT2D eigenvalue weighted by atomic mass is 10.0. The first-order valence-electron chi connectivity index (χ1n) is 7.05. The van der Waals surface area contributed by atoms with Gasteiger partial charge in [0.05, 0.1) is 12.4 Å². The minimum Gasteiger partial charge on any atom is -0.374 e. The van der Waals surface area contributed by atoms with Crippen LogP contribution in [0.3, 0.4) is 0 Å². The van der Waals surface area contributed by atoms with E-state index in [0.717, 1.165) is 22.9 Å². The molecule has 5 nitrogen and oxygen atoms in total. The maximum atomic E-state index is 11.1. The summed E-state index contributed by atoms with van der Waals surface area (Å²) in [6.45, 7) is 4.68. The number of benzene rings is 1. The Morgan fingerprint density at radius 1 is 1.14 bits per heavy atom. The lowest BCUT2D eigenvalue weighted by Gasteiger charge is -2.12. The molecule has 0 bridgehead atoms. The number of anilines is 1. The van der Waals surface area contributed by atoms with E-state index in [-0.39, 0.29) is 6.10 Å². The van der Waals surface area contributed by atoms with Crippen molar-refractivity contribution in [3.8, 4) is 11.1 Å². The summed E-state index contributed by atoms with van der Waals surface area (Å²) in [7, 11) is -3.30. The molecule has 22 heavy (non-hydrogen) atoms. The van der Waals surface area contributed by atoms with E-state index >= 15 is 0 Å². The number of rotatable bonds is 6. The molecular weight excluding hydrogens is 300 g/mol. The van der Waals surface area contributed by atoms with Gasteiger partial charge in [-0.2, -0.15) is 0 Å². The van der Waals surface area contributed by atoms with E-state index < -0.39 is 10.0 Å². The molecule has 0 aliphatic rings. The third-order valence-corrected chi connectivity index (χ3v) is 3.76. The van der Waals surface area contributed by atoms with Crippen molar-refractivity contribution >= 4 is 15.8 Å². The fourth-order valence-corrected chi connectivity index (χ4v) is 2.61.